The minimum absolute atomic E-state index is 0.665. The van der Waals surface area contributed by atoms with Gasteiger partial charge in [-0.15, -0.1) is 0 Å². The molecule has 1 rings (SSSR count). The minimum atomic E-state index is 0.665. The van der Waals surface area contributed by atoms with Crippen molar-refractivity contribution >= 4 is 0 Å². The topological polar surface area (TPSA) is 12.9 Å². The van der Waals surface area contributed by atoms with E-state index in [4.69, 9.17) is 0 Å². The summed E-state index contributed by atoms with van der Waals surface area (Å²) in [6.45, 7) is 6.58. The van der Waals surface area contributed by atoms with Gasteiger partial charge in [0, 0.05) is 12.4 Å². The zero-order chi connectivity index (χ0) is 8.27. The average molecular weight is 149 g/mol. The second-order valence-electron chi connectivity index (χ2n) is 3.04. The lowest BCUT2D eigenvalue weighted by Crippen LogP contribution is -1.94. The summed E-state index contributed by atoms with van der Waals surface area (Å²) in [6, 6.07) is 2.11. The van der Waals surface area contributed by atoms with Gasteiger partial charge in [-0.3, -0.25) is 4.98 Å². The number of nitrogens with zero attached hydrogens (tertiary/aromatic N) is 1. The van der Waals surface area contributed by atoms with Crippen molar-refractivity contribution in [1.29, 1.82) is 0 Å². The molecule has 1 aromatic heterocycles. The highest BCUT2D eigenvalue weighted by Crippen LogP contribution is 2.20. The van der Waals surface area contributed by atoms with Gasteiger partial charge in [0.05, 0.1) is 0 Å². The summed E-state index contributed by atoms with van der Waals surface area (Å²) in [6.07, 6.45) is 5.00. The highest BCUT2D eigenvalue weighted by Gasteiger charge is 2.04. The third-order valence-electron chi connectivity index (χ3n) is 2.21. The summed E-state index contributed by atoms with van der Waals surface area (Å²) in [7, 11) is 0. The van der Waals surface area contributed by atoms with Crippen LogP contribution in [0.25, 0.3) is 0 Å². The van der Waals surface area contributed by atoms with E-state index in [0.29, 0.717) is 5.92 Å². The molecule has 1 nitrogen and oxygen atoms in total. The zero-order valence-electron chi connectivity index (χ0n) is 7.46. The van der Waals surface area contributed by atoms with E-state index in [0.717, 1.165) is 0 Å². The summed E-state index contributed by atoms with van der Waals surface area (Å²) in [4.78, 5) is 4.06. The number of pyridine rings is 1. The van der Waals surface area contributed by atoms with Crippen molar-refractivity contribution in [3.63, 3.8) is 0 Å². The third kappa shape index (κ3) is 1.79. The van der Waals surface area contributed by atoms with Crippen molar-refractivity contribution in [1.82, 2.24) is 4.98 Å². The fourth-order valence-electron chi connectivity index (χ4n) is 1.26. The van der Waals surface area contributed by atoms with Crippen molar-refractivity contribution in [2.75, 3.05) is 0 Å². The average Bonchev–Trinajstić information content (AvgIpc) is 2.04. The van der Waals surface area contributed by atoms with Crippen LogP contribution in [0.15, 0.2) is 18.5 Å². The quantitative estimate of drug-likeness (QED) is 0.630. The first-order valence-corrected chi connectivity index (χ1v) is 4.16. The van der Waals surface area contributed by atoms with E-state index in [2.05, 4.69) is 31.8 Å². The monoisotopic (exact) mass is 149 g/mol. The van der Waals surface area contributed by atoms with Gasteiger partial charge < -0.3 is 0 Å². The van der Waals surface area contributed by atoms with Crippen LogP contribution in [0.1, 0.15) is 37.3 Å². The lowest BCUT2D eigenvalue weighted by atomic mass is 9.96. The van der Waals surface area contributed by atoms with Gasteiger partial charge in [0.2, 0.25) is 0 Å². The van der Waals surface area contributed by atoms with Crippen molar-refractivity contribution in [3.05, 3.63) is 29.6 Å². The SMILES string of the molecule is CC[C@H](C)c1ccncc1C. The Morgan fingerprint density at radius 2 is 2.27 bits per heavy atom. The Morgan fingerprint density at radius 3 is 2.82 bits per heavy atom. The lowest BCUT2D eigenvalue weighted by molar-refractivity contribution is 0.726. The zero-order valence-corrected chi connectivity index (χ0v) is 7.46. The summed E-state index contributed by atoms with van der Waals surface area (Å²) in [5.41, 5.74) is 2.74. The molecule has 0 saturated carbocycles. The highest BCUT2D eigenvalue weighted by atomic mass is 14.6. The molecule has 1 heterocycles. The minimum Gasteiger partial charge on any atom is -0.264 e. The Bertz CT molecular complexity index is 230. The third-order valence-corrected chi connectivity index (χ3v) is 2.21. The maximum atomic E-state index is 4.06. The van der Waals surface area contributed by atoms with Crippen LogP contribution in [0.2, 0.25) is 0 Å². The van der Waals surface area contributed by atoms with Crippen LogP contribution in [-0.4, -0.2) is 4.98 Å². The van der Waals surface area contributed by atoms with Crippen molar-refractivity contribution in [2.24, 2.45) is 0 Å². The smallest absolute Gasteiger partial charge is 0.0299 e. The molecule has 0 bridgehead atoms. The largest absolute Gasteiger partial charge is 0.264 e. The van der Waals surface area contributed by atoms with E-state index in [1.165, 1.54) is 17.5 Å². The Labute approximate surface area is 68.5 Å². The van der Waals surface area contributed by atoms with Crippen LogP contribution >= 0.6 is 0 Å². The van der Waals surface area contributed by atoms with Crippen LogP contribution in [0.3, 0.4) is 0 Å². The van der Waals surface area contributed by atoms with E-state index < -0.39 is 0 Å². The molecule has 0 amide bonds. The van der Waals surface area contributed by atoms with Crippen molar-refractivity contribution in [3.8, 4) is 0 Å². The molecule has 0 aliphatic rings. The highest BCUT2D eigenvalue weighted by molar-refractivity contribution is 5.24. The van der Waals surface area contributed by atoms with E-state index >= 15 is 0 Å². The molecule has 0 fully saturated rings. The first-order chi connectivity index (χ1) is 5.25. The van der Waals surface area contributed by atoms with E-state index in [9.17, 15) is 0 Å². The van der Waals surface area contributed by atoms with Crippen LogP contribution in [0, 0.1) is 6.92 Å². The lowest BCUT2D eigenvalue weighted by Gasteiger charge is -2.10. The fourth-order valence-corrected chi connectivity index (χ4v) is 1.26. The first-order valence-electron chi connectivity index (χ1n) is 4.16. The van der Waals surface area contributed by atoms with Gasteiger partial charge in [-0.2, -0.15) is 0 Å². The van der Waals surface area contributed by atoms with Crippen LogP contribution in [0.5, 0.6) is 0 Å². The number of rotatable bonds is 2. The molecule has 11 heavy (non-hydrogen) atoms. The second kappa shape index (κ2) is 3.51. The van der Waals surface area contributed by atoms with Crippen LogP contribution in [-0.2, 0) is 0 Å². The standard InChI is InChI=1S/C10H15N/c1-4-8(2)10-5-6-11-7-9(10)3/h5-8H,4H2,1-3H3/t8-/m0/s1. The molecule has 1 atom stereocenters. The number of hydrogen-bond acceptors (Lipinski definition) is 1. The van der Waals surface area contributed by atoms with E-state index in [1.807, 2.05) is 12.4 Å². The molecular weight excluding hydrogens is 134 g/mol. The summed E-state index contributed by atoms with van der Waals surface area (Å²) < 4.78 is 0. The molecule has 0 aliphatic heterocycles. The van der Waals surface area contributed by atoms with E-state index in [1.54, 1.807) is 0 Å². The van der Waals surface area contributed by atoms with Gasteiger partial charge in [-0.05, 0) is 36.5 Å². The Kier molecular flexibility index (Phi) is 2.64. The molecule has 0 unspecified atom stereocenters. The maximum Gasteiger partial charge on any atom is 0.0299 e. The van der Waals surface area contributed by atoms with Crippen LogP contribution in [0.4, 0.5) is 0 Å². The molecule has 0 spiro atoms. The molecule has 1 heteroatoms. The molecular formula is C10H15N. The van der Waals surface area contributed by atoms with Gasteiger partial charge in [0.25, 0.3) is 0 Å². The molecule has 0 aliphatic carbocycles. The molecule has 0 N–H and O–H groups in total. The predicted molar refractivity (Wildman–Crippen MR) is 47.7 cm³/mol. The first kappa shape index (κ1) is 8.25. The molecule has 60 valence electrons. The summed E-state index contributed by atoms with van der Waals surface area (Å²) >= 11 is 0. The predicted octanol–water partition coefficient (Wildman–Crippen LogP) is 2.90. The molecule has 1 aromatic rings. The van der Waals surface area contributed by atoms with Crippen molar-refractivity contribution < 1.29 is 0 Å². The Hall–Kier alpha value is -0.850. The van der Waals surface area contributed by atoms with Gasteiger partial charge in [0.1, 0.15) is 0 Å². The van der Waals surface area contributed by atoms with Crippen molar-refractivity contribution in [2.45, 2.75) is 33.1 Å². The van der Waals surface area contributed by atoms with Gasteiger partial charge in [-0.1, -0.05) is 13.8 Å². The molecule has 0 radical (unpaired) electrons. The summed E-state index contributed by atoms with van der Waals surface area (Å²) in [5.74, 6) is 0.665. The Balaban J connectivity index is 2.93. The number of aryl methyl sites for hydroxylation is 1. The summed E-state index contributed by atoms with van der Waals surface area (Å²) in [5, 5.41) is 0. The normalized spacial score (nSPS) is 13.0. The maximum absolute atomic E-state index is 4.06. The van der Waals surface area contributed by atoms with Gasteiger partial charge in [-0.25, -0.2) is 0 Å². The number of aromatic nitrogens is 1. The Morgan fingerprint density at radius 1 is 1.55 bits per heavy atom. The number of hydrogen-bond donors (Lipinski definition) is 0. The molecule has 0 saturated heterocycles. The van der Waals surface area contributed by atoms with E-state index in [-0.39, 0.29) is 0 Å². The fraction of sp³-hybridized carbons (Fsp3) is 0.500. The van der Waals surface area contributed by atoms with Gasteiger partial charge in [0.15, 0.2) is 0 Å². The second-order valence-corrected chi connectivity index (χ2v) is 3.04. The molecule has 0 aromatic carbocycles. The van der Waals surface area contributed by atoms with Gasteiger partial charge >= 0.3 is 0 Å². The van der Waals surface area contributed by atoms with Crippen LogP contribution < -0.4 is 0 Å².